The third kappa shape index (κ3) is 5.97. The number of carbonyl (C=O) groups excluding carboxylic acids is 1. The van der Waals surface area contributed by atoms with Crippen LogP contribution in [-0.4, -0.2) is 25.9 Å². The molecule has 0 saturated heterocycles. The van der Waals surface area contributed by atoms with Gasteiger partial charge in [0, 0.05) is 5.41 Å². The Hall–Kier alpha value is -1.63. The summed E-state index contributed by atoms with van der Waals surface area (Å²) in [6.45, 7) is 5.27. The van der Waals surface area contributed by atoms with Crippen molar-refractivity contribution in [2.45, 2.75) is 64.5 Å². The van der Waals surface area contributed by atoms with Gasteiger partial charge in [0.15, 0.2) is 0 Å². The lowest BCUT2D eigenvalue weighted by Gasteiger charge is -2.43. The van der Waals surface area contributed by atoms with E-state index >= 15 is 0 Å². The second-order valence-corrected chi connectivity index (χ2v) is 9.46. The van der Waals surface area contributed by atoms with Crippen molar-refractivity contribution < 1.29 is 21.8 Å². The number of halogens is 1. The van der Waals surface area contributed by atoms with Gasteiger partial charge < -0.3 is 10.1 Å². The molecule has 0 heterocycles. The third-order valence-electron chi connectivity index (χ3n) is 4.72. The standard InChI is InChI=1S/C19H28FNO4S/c1-18(2,3)25-17(22)21-16(15-10-6-4-7-11-15)19(14-26(20,23)24)12-8-5-9-13-19/h4,6-7,10-11,16H,5,8-9,12-14H2,1-3H3,(H,21,22). The predicted molar refractivity (Wildman–Crippen MR) is 99.0 cm³/mol. The highest BCUT2D eigenvalue weighted by atomic mass is 32.3. The number of hydrogen-bond donors (Lipinski definition) is 1. The summed E-state index contributed by atoms with van der Waals surface area (Å²) in [5.74, 6) is -0.602. The molecule has 2 rings (SSSR count). The molecular weight excluding hydrogens is 357 g/mol. The number of carbonyl (C=O) groups is 1. The molecule has 1 amide bonds. The minimum Gasteiger partial charge on any atom is -0.444 e. The zero-order valence-corrected chi connectivity index (χ0v) is 16.4. The summed E-state index contributed by atoms with van der Waals surface area (Å²) in [5, 5.41) is 2.83. The van der Waals surface area contributed by atoms with E-state index < -0.39 is 39.1 Å². The quantitative estimate of drug-likeness (QED) is 0.757. The maximum atomic E-state index is 13.7. The fourth-order valence-corrected chi connectivity index (χ4v) is 4.92. The van der Waals surface area contributed by atoms with E-state index in [1.165, 1.54) is 0 Å². The number of ether oxygens (including phenoxy) is 1. The van der Waals surface area contributed by atoms with E-state index in [0.717, 1.165) is 24.8 Å². The van der Waals surface area contributed by atoms with Crippen molar-refractivity contribution in [2.75, 3.05) is 5.75 Å². The Kier molecular flexibility index (Phi) is 6.32. The van der Waals surface area contributed by atoms with Crippen LogP contribution in [0.25, 0.3) is 0 Å². The summed E-state index contributed by atoms with van der Waals surface area (Å²) < 4.78 is 42.2. The highest BCUT2D eigenvalue weighted by Crippen LogP contribution is 2.47. The van der Waals surface area contributed by atoms with Crippen LogP contribution in [0.1, 0.15) is 64.5 Å². The number of alkyl carbamates (subject to hydrolysis) is 1. The molecule has 1 aromatic rings. The molecule has 0 aliphatic heterocycles. The number of hydrogen-bond acceptors (Lipinski definition) is 4. The maximum Gasteiger partial charge on any atom is 0.408 e. The molecule has 5 nitrogen and oxygen atoms in total. The Morgan fingerprint density at radius 1 is 1.19 bits per heavy atom. The molecule has 26 heavy (non-hydrogen) atoms. The fourth-order valence-electron chi connectivity index (χ4n) is 3.78. The van der Waals surface area contributed by atoms with Crippen LogP contribution in [0.5, 0.6) is 0 Å². The molecule has 0 aromatic heterocycles. The molecular formula is C19H28FNO4S. The van der Waals surface area contributed by atoms with Crippen molar-refractivity contribution in [1.29, 1.82) is 0 Å². The highest BCUT2D eigenvalue weighted by Gasteiger charge is 2.45. The van der Waals surface area contributed by atoms with E-state index in [1.807, 2.05) is 30.3 Å². The van der Waals surface area contributed by atoms with E-state index in [1.54, 1.807) is 20.8 Å². The Morgan fingerprint density at radius 3 is 2.27 bits per heavy atom. The average Bonchev–Trinajstić information content (AvgIpc) is 2.51. The third-order valence-corrected chi connectivity index (χ3v) is 5.64. The summed E-state index contributed by atoms with van der Waals surface area (Å²) in [7, 11) is -4.70. The van der Waals surface area contributed by atoms with Gasteiger partial charge in [0.25, 0.3) is 0 Å². The number of rotatable bonds is 5. The van der Waals surface area contributed by atoms with Crippen LogP contribution in [0.3, 0.4) is 0 Å². The van der Waals surface area contributed by atoms with Crippen molar-refractivity contribution in [3.63, 3.8) is 0 Å². The van der Waals surface area contributed by atoms with Crippen LogP contribution in [-0.2, 0) is 15.0 Å². The Balaban J connectivity index is 2.41. The summed E-state index contributed by atoms with van der Waals surface area (Å²) in [4.78, 5) is 12.4. The predicted octanol–water partition coefficient (Wildman–Crippen LogP) is 4.50. The molecule has 7 heteroatoms. The number of nitrogens with one attached hydrogen (secondary N) is 1. The van der Waals surface area contributed by atoms with Crippen molar-refractivity contribution in [3.8, 4) is 0 Å². The van der Waals surface area contributed by atoms with E-state index in [9.17, 15) is 17.1 Å². The van der Waals surface area contributed by atoms with Crippen LogP contribution in [0, 0.1) is 5.41 Å². The molecule has 0 radical (unpaired) electrons. The van der Waals surface area contributed by atoms with Crippen molar-refractivity contribution in [2.24, 2.45) is 5.41 Å². The second kappa shape index (κ2) is 7.94. The molecule has 1 atom stereocenters. The van der Waals surface area contributed by atoms with Crippen molar-refractivity contribution >= 4 is 16.3 Å². The average molecular weight is 386 g/mol. The van der Waals surface area contributed by atoms with E-state index in [0.29, 0.717) is 12.8 Å². The Bertz CT molecular complexity index is 707. The molecule has 0 spiro atoms. The van der Waals surface area contributed by atoms with E-state index in [-0.39, 0.29) is 0 Å². The molecule has 1 N–H and O–H groups in total. The summed E-state index contributed by atoms with van der Waals surface area (Å²) in [6.07, 6.45) is 3.01. The van der Waals surface area contributed by atoms with E-state index in [2.05, 4.69) is 5.32 Å². The van der Waals surface area contributed by atoms with Gasteiger partial charge in [0.2, 0.25) is 0 Å². The lowest BCUT2D eigenvalue weighted by Crippen LogP contribution is -2.47. The summed E-state index contributed by atoms with van der Waals surface area (Å²) in [5.41, 5.74) is -0.815. The number of amides is 1. The first-order chi connectivity index (χ1) is 12.0. The van der Waals surface area contributed by atoms with E-state index in [4.69, 9.17) is 4.74 Å². The molecule has 1 aliphatic rings. The fraction of sp³-hybridized carbons (Fsp3) is 0.632. The summed E-state index contributed by atoms with van der Waals surface area (Å²) in [6, 6.07) is 8.49. The second-order valence-electron chi connectivity index (χ2n) is 8.10. The highest BCUT2D eigenvalue weighted by molar-refractivity contribution is 7.86. The topological polar surface area (TPSA) is 72.5 Å². The number of benzene rings is 1. The normalized spacial score (nSPS) is 18.8. The summed E-state index contributed by atoms with van der Waals surface area (Å²) >= 11 is 0. The van der Waals surface area contributed by atoms with Gasteiger partial charge in [-0.1, -0.05) is 49.6 Å². The van der Waals surface area contributed by atoms with Crippen molar-refractivity contribution in [3.05, 3.63) is 35.9 Å². The SMILES string of the molecule is CC(C)(C)OC(=O)NC(c1ccccc1)C1(CS(=O)(=O)F)CCCCC1. The zero-order valence-electron chi connectivity index (χ0n) is 15.6. The maximum absolute atomic E-state index is 13.7. The first kappa shape index (κ1) is 20.7. The monoisotopic (exact) mass is 385 g/mol. The van der Waals surface area contributed by atoms with Crippen molar-refractivity contribution in [1.82, 2.24) is 5.32 Å². The first-order valence-electron chi connectivity index (χ1n) is 8.98. The van der Waals surface area contributed by atoms with Gasteiger partial charge in [-0.15, -0.1) is 3.89 Å². The molecule has 1 aliphatic carbocycles. The van der Waals surface area contributed by atoms with Gasteiger partial charge >= 0.3 is 16.3 Å². The van der Waals surface area contributed by atoms with Gasteiger partial charge in [-0.3, -0.25) is 0 Å². The molecule has 1 fully saturated rings. The molecule has 1 aromatic carbocycles. The zero-order chi connectivity index (χ0) is 19.4. The van der Waals surface area contributed by atoms with Crippen LogP contribution in [0.2, 0.25) is 0 Å². The van der Waals surface area contributed by atoms with Crippen LogP contribution in [0.4, 0.5) is 8.68 Å². The molecule has 146 valence electrons. The Labute approximate surface area is 155 Å². The first-order valence-corrected chi connectivity index (χ1v) is 10.5. The largest absolute Gasteiger partial charge is 0.444 e. The van der Waals surface area contributed by atoms with Crippen LogP contribution < -0.4 is 5.32 Å². The van der Waals surface area contributed by atoms with Gasteiger partial charge in [0.1, 0.15) is 5.60 Å². The molecule has 0 bridgehead atoms. The van der Waals surface area contributed by atoms with Gasteiger partial charge in [-0.2, -0.15) is 8.42 Å². The van der Waals surface area contributed by atoms with Gasteiger partial charge in [-0.05, 0) is 39.2 Å². The van der Waals surface area contributed by atoms with Gasteiger partial charge in [0.05, 0.1) is 11.8 Å². The molecule has 1 saturated carbocycles. The minimum atomic E-state index is -4.70. The molecule has 1 unspecified atom stereocenters. The minimum absolute atomic E-state index is 0.533. The smallest absolute Gasteiger partial charge is 0.408 e. The van der Waals surface area contributed by atoms with Gasteiger partial charge in [-0.25, -0.2) is 4.79 Å². The van der Waals surface area contributed by atoms with Crippen LogP contribution >= 0.6 is 0 Å². The Morgan fingerprint density at radius 2 is 1.77 bits per heavy atom. The van der Waals surface area contributed by atoms with Crippen LogP contribution in [0.15, 0.2) is 30.3 Å². The lowest BCUT2D eigenvalue weighted by molar-refractivity contribution is 0.0415. The lowest BCUT2D eigenvalue weighted by atomic mass is 9.68.